The third-order valence-electron chi connectivity index (χ3n) is 4.33. The zero-order valence-electron chi connectivity index (χ0n) is 13.2. The second-order valence-corrected chi connectivity index (χ2v) is 5.97. The third kappa shape index (κ3) is 3.06. The Morgan fingerprint density at radius 1 is 1.30 bits per heavy atom. The lowest BCUT2D eigenvalue weighted by molar-refractivity contribution is -0.133. The Kier molecular flexibility index (Phi) is 4.32. The number of anilines is 1. The molecule has 2 aliphatic rings. The van der Waals surface area contributed by atoms with E-state index in [1.54, 1.807) is 30.0 Å². The van der Waals surface area contributed by atoms with Crippen molar-refractivity contribution in [1.29, 1.82) is 0 Å². The zero-order valence-corrected chi connectivity index (χ0v) is 13.2. The summed E-state index contributed by atoms with van der Waals surface area (Å²) in [7, 11) is 0. The summed E-state index contributed by atoms with van der Waals surface area (Å²) in [6.45, 7) is 3.14. The number of ether oxygens (including phenoxy) is 1. The molecule has 6 nitrogen and oxygen atoms in total. The van der Waals surface area contributed by atoms with Gasteiger partial charge in [0.1, 0.15) is 18.6 Å². The number of likely N-dealkylation sites (tertiary alicyclic amines) is 1. The predicted molar refractivity (Wildman–Crippen MR) is 84.7 cm³/mol. The van der Waals surface area contributed by atoms with Gasteiger partial charge in [-0.05, 0) is 44.4 Å². The van der Waals surface area contributed by atoms with Crippen LogP contribution < -0.4 is 9.64 Å². The van der Waals surface area contributed by atoms with Crippen LogP contribution >= 0.6 is 0 Å². The van der Waals surface area contributed by atoms with E-state index in [4.69, 9.17) is 4.74 Å². The van der Waals surface area contributed by atoms with Crippen LogP contribution in [-0.4, -0.2) is 48.7 Å². The average Bonchev–Trinajstić information content (AvgIpc) is 2.59. The number of hydrogen-bond acceptors (Lipinski definition) is 4. The summed E-state index contributed by atoms with van der Waals surface area (Å²) in [6.07, 6.45) is 3.23. The minimum atomic E-state index is -0.640. The Labute approximate surface area is 135 Å². The lowest BCUT2D eigenvalue weighted by atomic mass is 10.1. The first-order valence-electron chi connectivity index (χ1n) is 7.95. The van der Waals surface area contributed by atoms with Crippen molar-refractivity contribution in [2.24, 2.45) is 0 Å². The van der Waals surface area contributed by atoms with Crippen LogP contribution in [0.1, 0.15) is 36.5 Å². The van der Waals surface area contributed by atoms with Gasteiger partial charge in [0.25, 0.3) is 5.91 Å². The highest BCUT2D eigenvalue weighted by Crippen LogP contribution is 2.34. The summed E-state index contributed by atoms with van der Waals surface area (Å²) in [5.41, 5.74) is 0.938. The highest BCUT2D eigenvalue weighted by molar-refractivity contribution is 6.04. The molecule has 0 bridgehead atoms. The fraction of sp³-hybridized carbons (Fsp3) is 0.471. The molecule has 6 heteroatoms. The van der Waals surface area contributed by atoms with Crippen molar-refractivity contribution in [2.45, 2.75) is 32.3 Å². The number of piperidine rings is 1. The molecule has 23 heavy (non-hydrogen) atoms. The van der Waals surface area contributed by atoms with Crippen molar-refractivity contribution in [2.75, 3.05) is 24.5 Å². The van der Waals surface area contributed by atoms with Crippen molar-refractivity contribution in [3.05, 3.63) is 23.8 Å². The number of benzene rings is 1. The van der Waals surface area contributed by atoms with Crippen LogP contribution in [0.2, 0.25) is 0 Å². The van der Waals surface area contributed by atoms with Crippen molar-refractivity contribution in [1.82, 2.24) is 4.90 Å². The summed E-state index contributed by atoms with van der Waals surface area (Å²) in [6, 6.07) is 4.90. The van der Waals surface area contributed by atoms with Crippen molar-refractivity contribution >= 4 is 23.8 Å². The predicted octanol–water partition coefficient (Wildman–Crippen LogP) is 1.63. The molecule has 0 aliphatic carbocycles. The Hall–Kier alpha value is -2.37. The molecule has 1 aromatic rings. The SMILES string of the molecule is CC1Oc2ccc(C=O)cc2N(CC(=O)N2CCCCC2)C1=O. The molecule has 1 unspecified atom stereocenters. The molecule has 1 atom stereocenters. The van der Waals surface area contributed by atoms with Gasteiger partial charge >= 0.3 is 0 Å². The van der Waals surface area contributed by atoms with Gasteiger partial charge in [0.05, 0.1) is 5.69 Å². The largest absolute Gasteiger partial charge is 0.479 e. The summed E-state index contributed by atoms with van der Waals surface area (Å²) in [5.74, 6) is 0.203. The van der Waals surface area contributed by atoms with E-state index in [9.17, 15) is 14.4 Å². The maximum atomic E-state index is 12.5. The van der Waals surface area contributed by atoms with E-state index in [0.717, 1.165) is 32.4 Å². The smallest absolute Gasteiger partial charge is 0.268 e. The highest BCUT2D eigenvalue weighted by Gasteiger charge is 2.34. The summed E-state index contributed by atoms with van der Waals surface area (Å²) < 4.78 is 5.57. The number of aldehydes is 1. The molecule has 0 N–H and O–H groups in total. The molecule has 2 aliphatic heterocycles. The van der Waals surface area contributed by atoms with E-state index in [2.05, 4.69) is 0 Å². The van der Waals surface area contributed by atoms with Crippen LogP contribution in [0, 0.1) is 0 Å². The Morgan fingerprint density at radius 3 is 2.74 bits per heavy atom. The molecule has 1 saturated heterocycles. The van der Waals surface area contributed by atoms with Crippen molar-refractivity contribution in [3.8, 4) is 5.75 Å². The van der Waals surface area contributed by atoms with Gasteiger partial charge in [-0.2, -0.15) is 0 Å². The number of carbonyl (C=O) groups excluding carboxylic acids is 3. The Bertz CT molecular complexity index is 637. The topological polar surface area (TPSA) is 66.9 Å². The molecule has 0 spiro atoms. The molecule has 1 aromatic carbocycles. The highest BCUT2D eigenvalue weighted by atomic mass is 16.5. The number of nitrogens with zero attached hydrogens (tertiary/aromatic N) is 2. The van der Waals surface area contributed by atoms with E-state index in [0.29, 0.717) is 23.3 Å². The van der Waals surface area contributed by atoms with Crippen LogP contribution in [0.3, 0.4) is 0 Å². The van der Waals surface area contributed by atoms with E-state index in [1.165, 1.54) is 4.90 Å². The fourth-order valence-corrected chi connectivity index (χ4v) is 3.04. The number of hydrogen-bond donors (Lipinski definition) is 0. The monoisotopic (exact) mass is 316 g/mol. The molecule has 3 rings (SSSR count). The lowest BCUT2D eigenvalue weighted by Gasteiger charge is -2.35. The van der Waals surface area contributed by atoms with E-state index in [-0.39, 0.29) is 18.4 Å². The van der Waals surface area contributed by atoms with Crippen molar-refractivity contribution in [3.63, 3.8) is 0 Å². The third-order valence-corrected chi connectivity index (χ3v) is 4.33. The molecule has 122 valence electrons. The Balaban J connectivity index is 1.86. The van der Waals surface area contributed by atoms with E-state index >= 15 is 0 Å². The van der Waals surface area contributed by atoms with Gasteiger partial charge in [-0.3, -0.25) is 19.3 Å². The van der Waals surface area contributed by atoms with Gasteiger partial charge in [-0.1, -0.05) is 0 Å². The fourth-order valence-electron chi connectivity index (χ4n) is 3.04. The van der Waals surface area contributed by atoms with Gasteiger partial charge in [-0.25, -0.2) is 0 Å². The van der Waals surface area contributed by atoms with Gasteiger partial charge in [0.15, 0.2) is 6.10 Å². The quantitative estimate of drug-likeness (QED) is 0.795. The van der Waals surface area contributed by atoms with Crippen LogP contribution in [0.25, 0.3) is 0 Å². The first-order valence-corrected chi connectivity index (χ1v) is 7.95. The molecule has 1 fully saturated rings. The maximum Gasteiger partial charge on any atom is 0.268 e. The van der Waals surface area contributed by atoms with Gasteiger partial charge in [0.2, 0.25) is 5.91 Å². The summed E-state index contributed by atoms with van der Waals surface area (Å²) in [4.78, 5) is 39.2. The molecule has 2 amide bonds. The number of carbonyl (C=O) groups is 3. The van der Waals surface area contributed by atoms with Crippen LogP contribution in [-0.2, 0) is 9.59 Å². The molecule has 0 aromatic heterocycles. The first-order chi connectivity index (χ1) is 11.1. The lowest BCUT2D eigenvalue weighted by Crippen LogP contribution is -2.50. The molecule has 2 heterocycles. The summed E-state index contributed by atoms with van der Waals surface area (Å²) in [5, 5.41) is 0. The standard InChI is InChI=1S/C17H20N2O4/c1-12-17(22)19(10-16(21)18-7-3-2-4-8-18)14-9-13(11-20)5-6-15(14)23-12/h5-6,9,11-12H,2-4,7-8,10H2,1H3. The van der Waals surface area contributed by atoms with E-state index in [1.807, 2.05) is 0 Å². The molecular formula is C17H20N2O4. The van der Waals surface area contributed by atoms with Gasteiger partial charge in [0, 0.05) is 18.7 Å². The summed E-state index contributed by atoms with van der Waals surface area (Å²) >= 11 is 0. The van der Waals surface area contributed by atoms with Crippen LogP contribution in [0.5, 0.6) is 5.75 Å². The van der Waals surface area contributed by atoms with Crippen LogP contribution in [0.15, 0.2) is 18.2 Å². The molecule has 0 radical (unpaired) electrons. The van der Waals surface area contributed by atoms with Crippen LogP contribution in [0.4, 0.5) is 5.69 Å². The van der Waals surface area contributed by atoms with E-state index < -0.39 is 6.10 Å². The van der Waals surface area contributed by atoms with Crippen molar-refractivity contribution < 1.29 is 19.1 Å². The number of amides is 2. The van der Waals surface area contributed by atoms with Gasteiger partial charge in [-0.15, -0.1) is 0 Å². The van der Waals surface area contributed by atoms with Gasteiger partial charge < -0.3 is 9.64 Å². The average molecular weight is 316 g/mol. The number of rotatable bonds is 3. The molecular weight excluding hydrogens is 296 g/mol. The molecule has 0 saturated carbocycles. The first kappa shape index (κ1) is 15.5. The maximum absolute atomic E-state index is 12.5. The number of fused-ring (bicyclic) bond motifs is 1. The minimum Gasteiger partial charge on any atom is -0.479 e. The normalized spacial score (nSPS) is 20.7. The minimum absolute atomic E-state index is 0.0121. The Morgan fingerprint density at radius 2 is 2.04 bits per heavy atom. The zero-order chi connectivity index (χ0) is 16.4. The second kappa shape index (κ2) is 6.40. The second-order valence-electron chi connectivity index (χ2n) is 5.97.